The van der Waals surface area contributed by atoms with Gasteiger partial charge in [0.2, 0.25) is 0 Å². The summed E-state index contributed by atoms with van der Waals surface area (Å²) in [5.74, 6) is 0.247. The fraction of sp³-hybridized carbons (Fsp3) is 0.115. The van der Waals surface area contributed by atoms with Crippen LogP contribution in [0.4, 0.5) is 4.79 Å². The van der Waals surface area contributed by atoms with Crippen molar-refractivity contribution in [3.05, 3.63) is 97.3 Å². The fourth-order valence-electron chi connectivity index (χ4n) is 3.29. The summed E-state index contributed by atoms with van der Waals surface area (Å²) in [6.07, 6.45) is 1.61. The van der Waals surface area contributed by atoms with Crippen LogP contribution in [0.5, 0.6) is 11.5 Å². The zero-order chi connectivity index (χ0) is 24.9. The van der Waals surface area contributed by atoms with E-state index in [1.54, 1.807) is 48.5 Å². The molecule has 3 aromatic rings. The van der Waals surface area contributed by atoms with E-state index in [9.17, 15) is 14.4 Å². The van der Waals surface area contributed by atoms with Crippen molar-refractivity contribution in [2.24, 2.45) is 0 Å². The molecule has 0 atom stereocenters. The summed E-state index contributed by atoms with van der Waals surface area (Å²) in [5.41, 5.74) is 2.10. The Hall–Kier alpha value is -2.88. The van der Waals surface area contributed by atoms with E-state index in [0.717, 1.165) is 31.2 Å². The normalized spacial score (nSPS) is 14.5. The first-order valence-electron chi connectivity index (χ1n) is 10.4. The molecule has 0 bridgehead atoms. The van der Waals surface area contributed by atoms with E-state index < -0.39 is 11.1 Å². The van der Waals surface area contributed by atoms with Crippen LogP contribution in [-0.2, 0) is 11.4 Å². The molecule has 0 spiro atoms. The van der Waals surface area contributed by atoms with Gasteiger partial charge in [-0.05, 0) is 65.4 Å². The number of rotatable bonds is 8. The van der Waals surface area contributed by atoms with Crippen LogP contribution in [0, 0.1) is 0 Å². The Labute approximate surface area is 223 Å². The molecule has 3 aromatic carbocycles. The van der Waals surface area contributed by atoms with Gasteiger partial charge in [-0.1, -0.05) is 62.2 Å². The first kappa shape index (κ1) is 25.2. The van der Waals surface area contributed by atoms with Crippen LogP contribution in [0.25, 0.3) is 6.08 Å². The number of carbonyl (C=O) groups is 3. The highest BCUT2D eigenvalue weighted by Gasteiger charge is 2.36. The second-order valence-electron chi connectivity index (χ2n) is 7.52. The van der Waals surface area contributed by atoms with Gasteiger partial charge in [0.25, 0.3) is 11.1 Å². The van der Waals surface area contributed by atoms with Gasteiger partial charge in [-0.25, -0.2) is 0 Å². The SMILES string of the molecule is COc1cc(/C=C2\SC(=O)N(CC(=O)c3ccc(Br)cc3)C2=O)ccc1OCc1ccc(Br)cc1. The summed E-state index contributed by atoms with van der Waals surface area (Å²) in [6.45, 7) is 0.0596. The molecule has 9 heteroatoms. The lowest BCUT2D eigenvalue weighted by Crippen LogP contribution is -2.33. The quantitative estimate of drug-likeness (QED) is 0.207. The van der Waals surface area contributed by atoms with Gasteiger partial charge in [-0.3, -0.25) is 19.3 Å². The number of Topliss-reactive ketones (excluding diaryl/α,β-unsaturated/α-hetero) is 1. The number of benzene rings is 3. The fourth-order valence-corrected chi connectivity index (χ4v) is 4.66. The minimum Gasteiger partial charge on any atom is -0.493 e. The number of hydrogen-bond acceptors (Lipinski definition) is 6. The van der Waals surface area contributed by atoms with Crippen LogP contribution in [0.15, 0.2) is 80.6 Å². The van der Waals surface area contributed by atoms with Crippen LogP contribution in [0.1, 0.15) is 21.5 Å². The minimum absolute atomic E-state index is 0.240. The molecule has 6 nitrogen and oxygen atoms in total. The van der Waals surface area contributed by atoms with Gasteiger partial charge in [0.15, 0.2) is 17.3 Å². The van der Waals surface area contributed by atoms with Crippen LogP contribution < -0.4 is 9.47 Å². The van der Waals surface area contributed by atoms with Gasteiger partial charge in [0.05, 0.1) is 18.6 Å². The molecule has 0 aliphatic carbocycles. The molecule has 1 aliphatic heterocycles. The van der Waals surface area contributed by atoms with Crippen LogP contribution in [0.2, 0.25) is 0 Å². The van der Waals surface area contributed by atoms with Gasteiger partial charge in [-0.2, -0.15) is 0 Å². The Kier molecular flexibility index (Phi) is 8.10. The third-order valence-corrected chi connectivity index (χ3v) is 7.10. The second-order valence-corrected chi connectivity index (χ2v) is 10.3. The number of nitrogens with zero attached hydrogens (tertiary/aromatic N) is 1. The topological polar surface area (TPSA) is 72.9 Å². The summed E-state index contributed by atoms with van der Waals surface area (Å²) in [4.78, 5) is 39.0. The van der Waals surface area contributed by atoms with Crippen molar-refractivity contribution >= 4 is 66.6 Å². The van der Waals surface area contributed by atoms with Crippen LogP contribution in [-0.4, -0.2) is 35.5 Å². The first-order valence-corrected chi connectivity index (χ1v) is 12.8. The highest BCUT2D eigenvalue weighted by molar-refractivity contribution is 9.10. The summed E-state index contributed by atoms with van der Waals surface area (Å²) in [6, 6.07) is 19.8. The molecular formula is C26H19Br2NO5S. The molecule has 0 radical (unpaired) electrons. The van der Waals surface area contributed by atoms with E-state index in [1.165, 1.54) is 7.11 Å². The van der Waals surface area contributed by atoms with E-state index in [1.807, 2.05) is 24.3 Å². The molecule has 0 N–H and O–H groups in total. The van der Waals surface area contributed by atoms with Crippen molar-refractivity contribution in [1.82, 2.24) is 4.90 Å². The summed E-state index contributed by atoms with van der Waals surface area (Å²) in [5, 5.41) is -0.479. The Morgan fingerprint density at radius 1 is 0.943 bits per heavy atom. The smallest absolute Gasteiger partial charge is 0.293 e. The Morgan fingerprint density at radius 2 is 1.60 bits per heavy atom. The van der Waals surface area contributed by atoms with Crippen molar-refractivity contribution in [2.75, 3.05) is 13.7 Å². The van der Waals surface area contributed by atoms with E-state index in [-0.39, 0.29) is 17.2 Å². The molecule has 1 aliphatic rings. The molecular weight excluding hydrogens is 598 g/mol. The molecule has 2 amide bonds. The zero-order valence-corrected chi connectivity index (χ0v) is 22.5. The molecule has 1 fully saturated rings. The Bertz CT molecular complexity index is 1310. The predicted octanol–water partition coefficient (Wildman–Crippen LogP) is 6.72. The monoisotopic (exact) mass is 615 g/mol. The third kappa shape index (κ3) is 6.22. The Morgan fingerprint density at radius 3 is 2.26 bits per heavy atom. The molecule has 0 unspecified atom stereocenters. The molecule has 178 valence electrons. The highest BCUT2D eigenvalue weighted by atomic mass is 79.9. The number of methoxy groups -OCH3 is 1. The predicted molar refractivity (Wildman–Crippen MR) is 143 cm³/mol. The lowest BCUT2D eigenvalue weighted by molar-refractivity contribution is -0.122. The number of ether oxygens (including phenoxy) is 2. The molecule has 0 aromatic heterocycles. The van der Waals surface area contributed by atoms with Crippen molar-refractivity contribution in [3.63, 3.8) is 0 Å². The van der Waals surface area contributed by atoms with Crippen LogP contribution >= 0.6 is 43.6 Å². The zero-order valence-electron chi connectivity index (χ0n) is 18.5. The number of ketones is 1. The van der Waals surface area contributed by atoms with Crippen molar-refractivity contribution < 1.29 is 23.9 Å². The average molecular weight is 617 g/mol. The van der Waals surface area contributed by atoms with Gasteiger partial charge < -0.3 is 9.47 Å². The third-order valence-electron chi connectivity index (χ3n) is 5.13. The first-order chi connectivity index (χ1) is 16.8. The lowest BCUT2D eigenvalue weighted by atomic mass is 10.1. The van der Waals surface area contributed by atoms with E-state index in [4.69, 9.17) is 9.47 Å². The summed E-state index contributed by atoms with van der Waals surface area (Å²) < 4.78 is 13.2. The van der Waals surface area contributed by atoms with Gasteiger partial charge in [0.1, 0.15) is 6.61 Å². The van der Waals surface area contributed by atoms with E-state index in [2.05, 4.69) is 31.9 Å². The number of carbonyl (C=O) groups excluding carboxylic acids is 3. The maximum Gasteiger partial charge on any atom is 0.293 e. The number of imide groups is 1. The van der Waals surface area contributed by atoms with Crippen molar-refractivity contribution in [3.8, 4) is 11.5 Å². The van der Waals surface area contributed by atoms with Gasteiger partial charge >= 0.3 is 0 Å². The molecule has 1 heterocycles. The number of halogens is 2. The maximum atomic E-state index is 12.8. The lowest BCUT2D eigenvalue weighted by Gasteiger charge is -2.12. The summed E-state index contributed by atoms with van der Waals surface area (Å²) >= 11 is 7.53. The standard InChI is InChI=1S/C26H19Br2NO5S/c1-33-23-12-17(4-11-22(23)34-15-16-2-7-19(27)8-3-16)13-24-25(31)29(26(32)35-24)14-21(30)18-5-9-20(28)10-6-18/h2-13H,14-15H2,1H3/b24-13-. The number of hydrogen-bond donors (Lipinski definition) is 0. The van der Waals surface area contributed by atoms with Gasteiger partial charge in [0, 0.05) is 14.5 Å². The second kappa shape index (κ2) is 11.2. The maximum absolute atomic E-state index is 12.8. The average Bonchev–Trinajstić information content (AvgIpc) is 3.11. The van der Waals surface area contributed by atoms with Crippen molar-refractivity contribution in [1.29, 1.82) is 0 Å². The minimum atomic E-state index is -0.500. The highest BCUT2D eigenvalue weighted by Crippen LogP contribution is 2.35. The summed E-state index contributed by atoms with van der Waals surface area (Å²) in [7, 11) is 1.53. The Balaban J connectivity index is 1.46. The molecule has 1 saturated heterocycles. The van der Waals surface area contributed by atoms with E-state index >= 15 is 0 Å². The largest absolute Gasteiger partial charge is 0.493 e. The number of amides is 2. The molecule has 0 saturated carbocycles. The molecule has 35 heavy (non-hydrogen) atoms. The van der Waals surface area contributed by atoms with Crippen molar-refractivity contribution in [2.45, 2.75) is 6.61 Å². The van der Waals surface area contributed by atoms with Crippen LogP contribution in [0.3, 0.4) is 0 Å². The van der Waals surface area contributed by atoms with E-state index in [0.29, 0.717) is 29.2 Å². The number of thioether (sulfide) groups is 1. The molecule has 4 rings (SSSR count). The van der Waals surface area contributed by atoms with Gasteiger partial charge in [-0.15, -0.1) is 0 Å².